The standard InChI is InChI=1S/C63H48BN2OS/c1-62(2,3)38-24-26-39(27-25-38)65-53-34-51-44(40-20-12-14-22-50(40)63(51,4)5)30-45(53)42-28-29-43-46-31-47-41-21-13-15-23-56(41)68-57(47)35-54(46)66-55-33-49-48(32-52(55)64-58(42)59(43)66)60(36-16-8-6-9-17-36)67-61(49)37-18-10-7-11-19-37/h6-35,48,60,65H,1-5H3. The third-order valence-electron chi connectivity index (χ3n) is 15.4. The second-order valence-corrected chi connectivity index (χ2v) is 21.8. The van der Waals surface area contributed by atoms with Crippen LogP contribution in [0.3, 0.4) is 0 Å². The number of aromatic nitrogens is 1. The molecule has 4 heterocycles. The highest BCUT2D eigenvalue weighted by Gasteiger charge is 2.42. The maximum absolute atomic E-state index is 7.14. The number of thiophene rings is 1. The molecule has 2 unspecified atom stereocenters. The molecule has 3 nitrogen and oxygen atoms in total. The molecule has 0 bridgehead atoms. The summed E-state index contributed by atoms with van der Waals surface area (Å²) in [5.74, 6) is 0.981. The highest BCUT2D eigenvalue weighted by atomic mass is 32.1. The van der Waals surface area contributed by atoms with E-state index in [4.69, 9.17) is 4.74 Å². The molecule has 0 fully saturated rings. The van der Waals surface area contributed by atoms with Gasteiger partial charge in [-0.3, -0.25) is 0 Å². The van der Waals surface area contributed by atoms with Crippen LogP contribution < -0.4 is 10.8 Å². The fourth-order valence-electron chi connectivity index (χ4n) is 11.9. The van der Waals surface area contributed by atoms with Crippen LogP contribution in [0.5, 0.6) is 0 Å². The van der Waals surface area contributed by atoms with Gasteiger partial charge < -0.3 is 14.6 Å². The highest BCUT2D eigenvalue weighted by molar-refractivity contribution is 7.25. The molecule has 325 valence electrons. The molecule has 14 rings (SSSR count). The van der Waals surface area contributed by atoms with Crippen molar-refractivity contribution in [1.29, 1.82) is 0 Å². The zero-order chi connectivity index (χ0) is 45.6. The largest absolute Gasteiger partial charge is 0.484 e. The number of allylic oxidation sites excluding steroid dienone is 3. The quantitative estimate of drug-likeness (QED) is 0.174. The SMILES string of the molecule is CC(C)(C)c1ccc(Nc2cc3c(cc2-c2ccc4c5cc6c(cc5n5c4c2[B]C2=CC4C(=C(c7ccccc7)OC4c4ccccc4)C=C25)sc2ccccc26)-c2ccccc2C3(C)C)cc1. The number of hydrogen-bond acceptors (Lipinski definition) is 3. The van der Waals surface area contributed by atoms with E-state index in [1.165, 1.54) is 109 Å². The predicted octanol–water partition coefficient (Wildman–Crippen LogP) is 16.1. The summed E-state index contributed by atoms with van der Waals surface area (Å²) in [5, 5.41) is 9.16. The van der Waals surface area contributed by atoms with Crippen molar-refractivity contribution >= 4 is 88.9 Å². The molecule has 0 saturated carbocycles. The first-order chi connectivity index (χ1) is 33.1. The molecule has 1 radical (unpaired) electrons. The van der Waals surface area contributed by atoms with E-state index in [1.54, 1.807) is 0 Å². The molecular weight excluding hydrogens is 844 g/mol. The van der Waals surface area contributed by atoms with E-state index >= 15 is 0 Å². The van der Waals surface area contributed by atoms with Crippen molar-refractivity contribution < 1.29 is 4.74 Å². The first-order valence-electron chi connectivity index (χ1n) is 24.0. The Morgan fingerprint density at radius 1 is 0.632 bits per heavy atom. The van der Waals surface area contributed by atoms with Gasteiger partial charge >= 0.3 is 0 Å². The maximum Gasteiger partial charge on any atom is 0.197 e. The molecule has 8 aromatic carbocycles. The topological polar surface area (TPSA) is 26.2 Å². The monoisotopic (exact) mass is 891 g/mol. The number of nitrogens with one attached hydrogen (secondary N) is 1. The lowest BCUT2D eigenvalue weighted by Gasteiger charge is -2.30. The molecule has 2 aliphatic heterocycles. The molecule has 4 aliphatic rings. The lowest BCUT2D eigenvalue weighted by molar-refractivity contribution is 0.169. The molecule has 1 N–H and O–H groups in total. The first kappa shape index (κ1) is 39.8. The van der Waals surface area contributed by atoms with Gasteiger partial charge in [0.05, 0.1) is 5.52 Å². The Morgan fingerprint density at radius 3 is 2.19 bits per heavy atom. The highest BCUT2D eigenvalue weighted by Crippen LogP contribution is 2.54. The van der Waals surface area contributed by atoms with Gasteiger partial charge in [0.25, 0.3) is 0 Å². The van der Waals surface area contributed by atoms with Crippen molar-refractivity contribution in [2.45, 2.75) is 51.6 Å². The summed E-state index contributed by atoms with van der Waals surface area (Å²) in [6.07, 6.45) is 4.80. The van der Waals surface area contributed by atoms with Gasteiger partial charge in [-0.15, -0.1) is 11.3 Å². The van der Waals surface area contributed by atoms with Gasteiger partial charge in [0.1, 0.15) is 11.9 Å². The van der Waals surface area contributed by atoms with Crippen LogP contribution in [-0.4, -0.2) is 11.8 Å². The lowest BCUT2D eigenvalue weighted by Crippen LogP contribution is -2.31. The number of benzene rings is 8. The average Bonchev–Trinajstić information content (AvgIpc) is 4.07. The number of nitrogens with zero attached hydrogens (tertiary/aromatic N) is 1. The molecule has 0 saturated heterocycles. The van der Waals surface area contributed by atoms with Crippen LogP contribution in [0.4, 0.5) is 11.4 Å². The summed E-state index contributed by atoms with van der Waals surface area (Å²) in [7, 11) is 2.49. The van der Waals surface area contributed by atoms with Gasteiger partial charge in [-0.2, -0.15) is 0 Å². The molecule has 2 atom stereocenters. The van der Waals surface area contributed by atoms with Crippen LogP contribution in [-0.2, 0) is 15.6 Å². The van der Waals surface area contributed by atoms with Crippen LogP contribution in [0.25, 0.3) is 75.7 Å². The van der Waals surface area contributed by atoms with E-state index in [1.807, 2.05) is 11.3 Å². The number of ether oxygens (including phenoxy) is 1. The van der Waals surface area contributed by atoms with E-state index in [-0.39, 0.29) is 22.9 Å². The minimum atomic E-state index is -0.156. The van der Waals surface area contributed by atoms with Gasteiger partial charge in [0, 0.05) is 81.6 Å². The molecule has 10 aromatic rings. The van der Waals surface area contributed by atoms with Crippen molar-refractivity contribution in [2.24, 2.45) is 5.92 Å². The molecule has 68 heavy (non-hydrogen) atoms. The van der Waals surface area contributed by atoms with Crippen molar-refractivity contribution in [3.63, 3.8) is 0 Å². The Bertz CT molecular complexity index is 3880. The Balaban J connectivity index is 1.05. The van der Waals surface area contributed by atoms with E-state index in [9.17, 15) is 0 Å². The van der Waals surface area contributed by atoms with Crippen molar-refractivity contribution in [1.82, 2.24) is 4.57 Å². The summed E-state index contributed by atoms with van der Waals surface area (Å²) in [6.45, 7) is 11.6. The molecule has 2 aromatic heterocycles. The average molecular weight is 892 g/mol. The van der Waals surface area contributed by atoms with Crippen LogP contribution in [0.15, 0.2) is 193 Å². The zero-order valence-electron chi connectivity index (χ0n) is 38.8. The van der Waals surface area contributed by atoms with Crippen molar-refractivity contribution in [3.05, 3.63) is 221 Å². The Kier molecular flexibility index (Phi) is 8.39. The van der Waals surface area contributed by atoms with Crippen molar-refractivity contribution in [3.8, 4) is 22.3 Å². The Morgan fingerprint density at radius 2 is 1.38 bits per heavy atom. The van der Waals surface area contributed by atoms with Gasteiger partial charge in [-0.05, 0) is 98.4 Å². The molecular formula is C63H48BN2OS. The number of fused-ring (bicyclic) bond motifs is 12. The number of hydrogen-bond donors (Lipinski definition) is 1. The minimum absolute atomic E-state index is 0.0231. The van der Waals surface area contributed by atoms with E-state index in [0.29, 0.717) is 0 Å². The van der Waals surface area contributed by atoms with E-state index in [2.05, 4.69) is 234 Å². The molecule has 5 heteroatoms. The summed E-state index contributed by atoms with van der Waals surface area (Å²) in [6, 6.07) is 63.0. The van der Waals surface area contributed by atoms with Crippen LogP contribution in [0.1, 0.15) is 68.5 Å². The third kappa shape index (κ3) is 5.78. The van der Waals surface area contributed by atoms with Gasteiger partial charge in [-0.25, -0.2) is 0 Å². The van der Waals surface area contributed by atoms with Gasteiger partial charge in [-0.1, -0.05) is 174 Å². The minimum Gasteiger partial charge on any atom is -0.484 e. The van der Waals surface area contributed by atoms with Crippen LogP contribution in [0.2, 0.25) is 0 Å². The summed E-state index contributed by atoms with van der Waals surface area (Å²) in [4.78, 5) is 0. The molecule has 0 amide bonds. The van der Waals surface area contributed by atoms with Crippen LogP contribution in [0, 0.1) is 5.92 Å². The first-order valence-corrected chi connectivity index (χ1v) is 24.8. The summed E-state index contributed by atoms with van der Waals surface area (Å²) in [5.41, 5.74) is 20.8. The molecule has 0 spiro atoms. The van der Waals surface area contributed by atoms with Crippen molar-refractivity contribution in [2.75, 3.05) is 5.32 Å². The normalized spacial score (nSPS) is 17.7. The van der Waals surface area contributed by atoms with Gasteiger partial charge in [0.2, 0.25) is 0 Å². The number of rotatable bonds is 5. The zero-order valence-corrected chi connectivity index (χ0v) is 39.6. The van der Waals surface area contributed by atoms with E-state index in [0.717, 1.165) is 22.7 Å². The summed E-state index contributed by atoms with van der Waals surface area (Å²) < 4.78 is 12.3. The maximum atomic E-state index is 7.14. The van der Waals surface area contributed by atoms with E-state index < -0.39 is 0 Å². The Hall–Kier alpha value is -7.34. The second kappa shape index (κ2) is 14.3. The molecule has 2 aliphatic carbocycles. The lowest BCUT2D eigenvalue weighted by atomic mass is 9.55. The van der Waals surface area contributed by atoms with Gasteiger partial charge in [0.15, 0.2) is 7.28 Å². The number of anilines is 2. The second-order valence-electron chi connectivity index (χ2n) is 20.7. The smallest absolute Gasteiger partial charge is 0.197 e. The van der Waals surface area contributed by atoms with Crippen LogP contribution >= 0.6 is 11.3 Å². The predicted molar refractivity (Wildman–Crippen MR) is 289 cm³/mol. The summed E-state index contributed by atoms with van der Waals surface area (Å²) >= 11 is 1.89. The Labute approximate surface area is 402 Å². The fourth-order valence-corrected chi connectivity index (χ4v) is 13.0. The fraction of sp³-hybridized carbons (Fsp3) is 0.143. The third-order valence-corrected chi connectivity index (χ3v) is 16.5.